The number of carbonyl (C=O) groups excluding carboxylic acids is 1. The Morgan fingerprint density at radius 3 is 2.87 bits per heavy atom. The molecule has 0 aliphatic heterocycles. The molecule has 0 radical (unpaired) electrons. The second-order valence-electron chi connectivity index (χ2n) is 5.10. The van der Waals surface area contributed by atoms with Crippen molar-refractivity contribution in [2.45, 2.75) is 6.61 Å². The number of thiazole rings is 1. The quantitative estimate of drug-likeness (QED) is 0.749. The molecule has 0 bridgehead atoms. The summed E-state index contributed by atoms with van der Waals surface area (Å²) in [4.78, 5) is 13.0. The summed E-state index contributed by atoms with van der Waals surface area (Å²) in [5.41, 5.74) is 5.23. The van der Waals surface area contributed by atoms with E-state index in [1.165, 1.54) is 11.3 Å². The SMILES string of the molecule is COCc1cccc(C(=O)NN=c2sc3ccccc3n2C)c1. The molecule has 3 rings (SSSR count). The van der Waals surface area contributed by atoms with Crippen LogP contribution in [-0.2, 0) is 18.4 Å². The first kappa shape index (κ1) is 15.5. The average molecular weight is 327 g/mol. The minimum Gasteiger partial charge on any atom is -0.380 e. The van der Waals surface area contributed by atoms with Gasteiger partial charge in [0.2, 0.25) is 4.80 Å². The van der Waals surface area contributed by atoms with Gasteiger partial charge < -0.3 is 9.30 Å². The Balaban J connectivity index is 1.85. The number of ether oxygens (including phenoxy) is 1. The smallest absolute Gasteiger partial charge is 0.271 e. The van der Waals surface area contributed by atoms with Gasteiger partial charge in [0, 0.05) is 19.7 Å². The lowest BCUT2D eigenvalue weighted by Gasteiger charge is -2.03. The number of para-hydroxylation sites is 1. The molecule has 5 nitrogen and oxygen atoms in total. The van der Waals surface area contributed by atoms with Crippen LogP contribution in [0.3, 0.4) is 0 Å². The Labute approximate surface area is 137 Å². The molecule has 0 saturated carbocycles. The van der Waals surface area contributed by atoms with Gasteiger partial charge in [-0.15, -0.1) is 5.10 Å². The molecule has 0 fully saturated rings. The number of benzene rings is 2. The van der Waals surface area contributed by atoms with Gasteiger partial charge in [0.05, 0.1) is 16.8 Å². The normalized spacial score (nSPS) is 11.8. The molecule has 2 aromatic carbocycles. The first-order chi connectivity index (χ1) is 11.2. The van der Waals surface area contributed by atoms with E-state index in [0.29, 0.717) is 12.2 Å². The molecule has 1 aromatic heterocycles. The first-order valence-electron chi connectivity index (χ1n) is 7.15. The Morgan fingerprint density at radius 1 is 1.26 bits per heavy atom. The number of hydrogen-bond acceptors (Lipinski definition) is 4. The molecule has 118 valence electrons. The van der Waals surface area contributed by atoms with Gasteiger partial charge in [-0.2, -0.15) is 0 Å². The summed E-state index contributed by atoms with van der Waals surface area (Å²) in [5, 5.41) is 4.25. The number of methoxy groups -OCH3 is 1. The van der Waals surface area contributed by atoms with Crippen molar-refractivity contribution < 1.29 is 9.53 Å². The molecule has 3 aromatic rings. The van der Waals surface area contributed by atoms with Gasteiger partial charge in [-0.3, -0.25) is 4.79 Å². The van der Waals surface area contributed by atoms with E-state index in [1.807, 2.05) is 48.0 Å². The third-order valence-electron chi connectivity index (χ3n) is 3.47. The number of hydrogen-bond donors (Lipinski definition) is 1. The molecular weight excluding hydrogens is 310 g/mol. The number of carbonyl (C=O) groups is 1. The highest BCUT2D eigenvalue weighted by molar-refractivity contribution is 7.16. The zero-order valence-corrected chi connectivity index (χ0v) is 13.8. The molecule has 0 aliphatic carbocycles. The molecule has 0 aliphatic rings. The van der Waals surface area contributed by atoms with Crippen LogP contribution >= 0.6 is 11.3 Å². The first-order valence-corrected chi connectivity index (χ1v) is 7.97. The van der Waals surface area contributed by atoms with E-state index in [0.717, 1.165) is 20.6 Å². The molecule has 1 amide bonds. The van der Waals surface area contributed by atoms with E-state index >= 15 is 0 Å². The second kappa shape index (κ2) is 6.76. The average Bonchev–Trinajstić information content (AvgIpc) is 2.90. The van der Waals surface area contributed by atoms with Gasteiger partial charge in [0.1, 0.15) is 0 Å². The molecule has 0 spiro atoms. The van der Waals surface area contributed by atoms with Gasteiger partial charge in [-0.1, -0.05) is 35.6 Å². The van der Waals surface area contributed by atoms with Crippen LogP contribution in [0.5, 0.6) is 0 Å². The Kier molecular flexibility index (Phi) is 4.55. The van der Waals surface area contributed by atoms with Gasteiger partial charge in [-0.25, -0.2) is 5.43 Å². The highest BCUT2D eigenvalue weighted by atomic mass is 32.1. The number of aryl methyl sites for hydroxylation is 1. The van der Waals surface area contributed by atoms with E-state index in [4.69, 9.17) is 4.74 Å². The van der Waals surface area contributed by atoms with Crippen LogP contribution in [0.15, 0.2) is 53.6 Å². The van der Waals surface area contributed by atoms with Gasteiger partial charge >= 0.3 is 0 Å². The number of aromatic nitrogens is 1. The summed E-state index contributed by atoms with van der Waals surface area (Å²) in [5.74, 6) is -0.236. The van der Waals surface area contributed by atoms with Crippen molar-refractivity contribution >= 4 is 27.5 Å². The van der Waals surface area contributed by atoms with E-state index in [9.17, 15) is 4.79 Å². The predicted octanol–water partition coefficient (Wildman–Crippen LogP) is 2.63. The lowest BCUT2D eigenvalue weighted by Crippen LogP contribution is -2.23. The highest BCUT2D eigenvalue weighted by Crippen LogP contribution is 2.15. The van der Waals surface area contributed by atoms with Crippen LogP contribution in [0, 0.1) is 0 Å². The van der Waals surface area contributed by atoms with Crippen LogP contribution in [-0.4, -0.2) is 17.6 Å². The van der Waals surface area contributed by atoms with Crippen molar-refractivity contribution in [2.24, 2.45) is 12.1 Å². The van der Waals surface area contributed by atoms with Crippen molar-refractivity contribution in [1.29, 1.82) is 0 Å². The van der Waals surface area contributed by atoms with Crippen molar-refractivity contribution in [1.82, 2.24) is 9.99 Å². The standard InChI is InChI=1S/C17H17N3O2S/c1-20-14-8-3-4-9-15(14)23-17(20)19-18-16(21)13-7-5-6-12(10-13)11-22-2/h3-10H,11H2,1-2H3,(H,18,21). The molecule has 1 heterocycles. The maximum Gasteiger partial charge on any atom is 0.271 e. The number of fused-ring (bicyclic) bond motifs is 1. The Morgan fingerprint density at radius 2 is 2.09 bits per heavy atom. The minimum absolute atomic E-state index is 0.236. The summed E-state index contributed by atoms with van der Waals surface area (Å²) in [7, 11) is 3.56. The molecule has 0 atom stereocenters. The van der Waals surface area contributed by atoms with Crippen molar-refractivity contribution in [3.63, 3.8) is 0 Å². The number of rotatable bonds is 4. The second-order valence-corrected chi connectivity index (χ2v) is 6.11. The lowest BCUT2D eigenvalue weighted by atomic mass is 10.1. The largest absolute Gasteiger partial charge is 0.380 e. The van der Waals surface area contributed by atoms with Crippen molar-refractivity contribution in [3.05, 3.63) is 64.5 Å². The fourth-order valence-electron chi connectivity index (χ4n) is 2.32. The van der Waals surface area contributed by atoms with Gasteiger partial charge in [0.25, 0.3) is 5.91 Å². The lowest BCUT2D eigenvalue weighted by molar-refractivity contribution is 0.0952. The Bertz CT molecular complexity index is 911. The topological polar surface area (TPSA) is 55.6 Å². The number of nitrogens with one attached hydrogen (secondary N) is 1. The molecule has 0 unspecified atom stereocenters. The van der Waals surface area contributed by atoms with Crippen LogP contribution in [0.4, 0.5) is 0 Å². The molecule has 0 saturated heterocycles. The van der Waals surface area contributed by atoms with E-state index in [2.05, 4.69) is 10.5 Å². The Hall–Kier alpha value is -2.44. The third-order valence-corrected chi connectivity index (χ3v) is 4.58. The minimum atomic E-state index is -0.236. The number of nitrogens with zero attached hydrogens (tertiary/aromatic N) is 2. The summed E-state index contributed by atoms with van der Waals surface area (Å²) in [6.07, 6.45) is 0. The van der Waals surface area contributed by atoms with Crippen LogP contribution in [0.2, 0.25) is 0 Å². The van der Waals surface area contributed by atoms with Crippen LogP contribution < -0.4 is 10.2 Å². The number of amides is 1. The predicted molar refractivity (Wildman–Crippen MR) is 91.0 cm³/mol. The van der Waals surface area contributed by atoms with E-state index in [-0.39, 0.29) is 5.91 Å². The molecule has 6 heteroatoms. The van der Waals surface area contributed by atoms with Crippen LogP contribution in [0.25, 0.3) is 10.2 Å². The third kappa shape index (κ3) is 3.33. The highest BCUT2D eigenvalue weighted by Gasteiger charge is 2.06. The zero-order valence-electron chi connectivity index (χ0n) is 12.9. The monoisotopic (exact) mass is 327 g/mol. The van der Waals surface area contributed by atoms with Gasteiger partial charge in [-0.05, 0) is 29.8 Å². The summed E-state index contributed by atoms with van der Waals surface area (Å²) < 4.78 is 8.17. The van der Waals surface area contributed by atoms with Gasteiger partial charge in [0.15, 0.2) is 0 Å². The fraction of sp³-hybridized carbons (Fsp3) is 0.176. The van der Waals surface area contributed by atoms with E-state index < -0.39 is 0 Å². The maximum absolute atomic E-state index is 12.3. The summed E-state index contributed by atoms with van der Waals surface area (Å²) in [6, 6.07) is 15.4. The van der Waals surface area contributed by atoms with Crippen molar-refractivity contribution in [2.75, 3.05) is 7.11 Å². The molecule has 1 N–H and O–H groups in total. The summed E-state index contributed by atoms with van der Waals surface area (Å²) in [6.45, 7) is 0.476. The van der Waals surface area contributed by atoms with E-state index in [1.54, 1.807) is 19.2 Å². The zero-order chi connectivity index (χ0) is 16.2. The fourth-order valence-corrected chi connectivity index (χ4v) is 3.30. The van der Waals surface area contributed by atoms with Crippen molar-refractivity contribution in [3.8, 4) is 0 Å². The molecule has 23 heavy (non-hydrogen) atoms. The maximum atomic E-state index is 12.3. The molecular formula is C17H17N3O2S. The van der Waals surface area contributed by atoms with Crippen LogP contribution in [0.1, 0.15) is 15.9 Å². The summed E-state index contributed by atoms with van der Waals surface area (Å²) >= 11 is 1.53.